The second-order valence-electron chi connectivity index (χ2n) is 0. The van der Waals surface area contributed by atoms with Gasteiger partial charge in [-0.15, -0.1) is 0 Å². The van der Waals surface area contributed by atoms with Crippen molar-refractivity contribution < 1.29 is 32.9 Å². The Morgan fingerprint density at radius 3 is 0.429 bits per heavy atom. The first-order chi connectivity index (χ1) is 0. The van der Waals surface area contributed by atoms with E-state index in [0.717, 1.165) is 0 Å². The van der Waals surface area contributed by atoms with Crippen LogP contribution in [-0.2, 0) is 5.48 Å². The first-order valence-electron chi connectivity index (χ1n) is 0. The molecule has 0 amide bonds. The minimum Gasteiger partial charge on any atom is -0.873 e. The second kappa shape index (κ2) is 1190. The van der Waals surface area contributed by atoms with Crippen molar-refractivity contribution >= 4 is 19.8 Å². The molecule has 0 rings (SSSR count). The number of rotatable bonds is 0. The summed E-state index contributed by atoms with van der Waals surface area (Å²) in [4.78, 5) is 0. The molecule has 0 saturated heterocycles. The Labute approximate surface area is 53.4 Å². The van der Waals surface area contributed by atoms with Gasteiger partial charge in [0.05, 0.1) is 0 Å². The Morgan fingerprint density at radius 1 is 0.429 bits per heavy atom. The predicted octanol–water partition coefficient (Wildman–Crippen LogP) is -2.45. The fraction of sp³-hybridized carbons (Fsp3) is 0. The zero-order valence-electron chi connectivity index (χ0n) is 3.52. The van der Waals surface area contributed by atoms with Crippen molar-refractivity contribution in [1.29, 1.82) is 0 Å². The van der Waals surface area contributed by atoms with Gasteiger partial charge in [-0.25, -0.2) is 0 Å². The SMILES string of the molecule is [Ga+3].[OH-].[OH-].[OH-].[OH-].[OH-].[OH4+2]. The van der Waals surface area contributed by atoms with Gasteiger partial charge < -0.3 is 32.9 Å². The van der Waals surface area contributed by atoms with Crippen LogP contribution in [0.1, 0.15) is 0 Å². The molecule has 0 radical (unpaired) electrons. The van der Waals surface area contributed by atoms with Crippen molar-refractivity contribution in [2.24, 2.45) is 0 Å². The van der Waals surface area contributed by atoms with E-state index < -0.39 is 0 Å². The quantitative estimate of drug-likeness (QED) is 0.368. The van der Waals surface area contributed by atoms with E-state index in [9.17, 15) is 0 Å². The third kappa shape index (κ3) is 787. The maximum Gasteiger partial charge on any atom is 3.00 e. The molecule has 0 bridgehead atoms. The molecule has 0 aromatic heterocycles. The van der Waals surface area contributed by atoms with Crippen LogP contribution in [0.5, 0.6) is 0 Å². The molecule has 7 heavy (non-hydrogen) atoms. The van der Waals surface area contributed by atoms with E-state index in [2.05, 4.69) is 0 Å². The van der Waals surface area contributed by atoms with Gasteiger partial charge in [0.1, 0.15) is 0 Å². The van der Waals surface area contributed by atoms with Gasteiger partial charge >= 0.3 is 19.8 Å². The molecule has 0 aliphatic rings. The molecule has 0 heterocycles. The van der Waals surface area contributed by atoms with Crippen LogP contribution in [0.2, 0.25) is 0 Å². The van der Waals surface area contributed by atoms with Crippen LogP contribution in [-0.4, -0.2) is 47.2 Å². The summed E-state index contributed by atoms with van der Waals surface area (Å²) in [6.07, 6.45) is 0. The van der Waals surface area contributed by atoms with Crippen molar-refractivity contribution in [1.82, 2.24) is 0 Å². The molecular weight excluding hydrogens is 166 g/mol. The molecule has 0 aliphatic carbocycles. The zero-order valence-corrected chi connectivity index (χ0v) is 5.94. The van der Waals surface area contributed by atoms with Crippen molar-refractivity contribution in [2.75, 3.05) is 0 Å². The van der Waals surface area contributed by atoms with Gasteiger partial charge in [0.15, 0.2) is 0 Å². The Hall–Kier alpha value is 0.396. The fourth-order valence-corrected chi connectivity index (χ4v) is 0. The third-order valence-electron chi connectivity index (χ3n) is 0. The summed E-state index contributed by atoms with van der Waals surface area (Å²) in [5.41, 5.74) is 0. The maximum absolute atomic E-state index is 0. The molecule has 0 atom stereocenters. The van der Waals surface area contributed by atoms with Crippen LogP contribution < -0.4 is 0 Å². The topological polar surface area (TPSA) is 184 Å². The molecule has 0 spiro atoms. The van der Waals surface area contributed by atoms with E-state index in [0.29, 0.717) is 0 Å². The van der Waals surface area contributed by atoms with E-state index >= 15 is 0 Å². The zero-order chi connectivity index (χ0) is 0. The fourth-order valence-electron chi connectivity index (χ4n) is 0. The maximum atomic E-state index is 0. The third-order valence-corrected chi connectivity index (χ3v) is 0. The molecule has 9 N–H and O–H groups in total. The van der Waals surface area contributed by atoms with Gasteiger partial charge in [-0.05, 0) is 0 Å². The molecular formula is H9GaO6. The van der Waals surface area contributed by atoms with E-state index in [1.807, 2.05) is 0 Å². The summed E-state index contributed by atoms with van der Waals surface area (Å²) in [5, 5.41) is 0. The summed E-state index contributed by atoms with van der Waals surface area (Å²) in [6, 6.07) is 0. The van der Waals surface area contributed by atoms with Crippen LogP contribution >= 0.6 is 0 Å². The average Bonchev–Trinajstić information content (AvgIpc) is 0. The van der Waals surface area contributed by atoms with Gasteiger partial charge in [0.2, 0.25) is 0 Å². The second-order valence-corrected chi connectivity index (χ2v) is 0. The van der Waals surface area contributed by atoms with Crippen LogP contribution in [0.4, 0.5) is 0 Å². The van der Waals surface area contributed by atoms with Crippen molar-refractivity contribution in [3.05, 3.63) is 0 Å². The number of hydrogen-bond donors (Lipinski definition) is 0. The summed E-state index contributed by atoms with van der Waals surface area (Å²) >= 11 is 0. The van der Waals surface area contributed by atoms with Crippen molar-refractivity contribution in [2.45, 2.75) is 0 Å². The largest absolute Gasteiger partial charge is 3.00 e. The first kappa shape index (κ1) is 1930. The minimum atomic E-state index is 0. The van der Waals surface area contributed by atoms with Crippen LogP contribution in [0, 0.1) is 0 Å². The standard InChI is InChI=1S/Ga.H4O.5H2O/h;1H4;5*1H2/q+3;+2;;;;;/p-5. The van der Waals surface area contributed by atoms with E-state index in [-0.39, 0.29) is 52.6 Å². The van der Waals surface area contributed by atoms with Crippen LogP contribution in [0.3, 0.4) is 0 Å². The van der Waals surface area contributed by atoms with E-state index in [4.69, 9.17) is 0 Å². The normalized spacial score (nSPS) is 0. The summed E-state index contributed by atoms with van der Waals surface area (Å²) in [6.45, 7) is 0. The number of hydrogen-bond acceptors (Lipinski definition) is 5. The van der Waals surface area contributed by atoms with Gasteiger partial charge in [0, 0.05) is 0 Å². The molecule has 0 aromatic rings. The Morgan fingerprint density at radius 2 is 0.429 bits per heavy atom. The predicted molar refractivity (Wildman–Crippen MR) is 21.7 cm³/mol. The molecule has 0 aliphatic heterocycles. The van der Waals surface area contributed by atoms with Gasteiger partial charge in [0.25, 0.3) is 0 Å². The van der Waals surface area contributed by atoms with Crippen LogP contribution in [0.25, 0.3) is 0 Å². The molecule has 48 valence electrons. The molecule has 0 saturated carbocycles. The first-order valence-corrected chi connectivity index (χ1v) is 0. The van der Waals surface area contributed by atoms with E-state index in [1.165, 1.54) is 0 Å². The van der Waals surface area contributed by atoms with Crippen molar-refractivity contribution in [3.63, 3.8) is 0 Å². The van der Waals surface area contributed by atoms with Crippen molar-refractivity contribution in [3.8, 4) is 0 Å². The van der Waals surface area contributed by atoms with E-state index in [1.54, 1.807) is 0 Å². The Kier molecular flexibility index (Phi) is 326000. The molecule has 0 aromatic carbocycles. The monoisotopic (exact) mass is 174 g/mol. The summed E-state index contributed by atoms with van der Waals surface area (Å²) in [5.74, 6) is 0. The minimum absolute atomic E-state index is 0. The molecule has 6 nitrogen and oxygen atoms in total. The Bertz CT molecular complexity index is 4.14. The summed E-state index contributed by atoms with van der Waals surface area (Å²) in [7, 11) is 0. The summed E-state index contributed by atoms with van der Waals surface area (Å²) < 4.78 is 0. The van der Waals surface area contributed by atoms with Crippen LogP contribution in [0.15, 0.2) is 0 Å². The average molecular weight is 175 g/mol. The van der Waals surface area contributed by atoms with Gasteiger partial charge in [-0.2, -0.15) is 0 Å². The molecule has 0 unspecified atom stereocenters. The molecule has 7 heteroatoms. The Balaban J connectivity index is 0. The smallest absolute Gasteiger partial charge is 0.873 e. The molecule has 0 fully saturated rings. The van der Waals surface area contributed by atoms with Gasteiger partial charge in [-0.1, -0.05) is 0 Å². The van der Waals surface area contributed by atoms with Gasteiger partial charge in [-0.3, -0.25) is 0 Å².